The fourth-order valence-corrected chi connectivity index (χ4v) is 1.38. The van der Waals surface area contributed by atoms with Gasteiger partial charge >= 0.3 is 5.97 Å². The van der Waals surface area contributed by atoms with Gasteiger partial charge in [-0.15, -0.1) is 0 Å². The summed E-state index contributed by atoms with van der Waals surface area (Å²) >= 11 is 0. The summed E-state index contributed by atoms with van der Waals surface area (Å²) in [5.41, 5.74) is 0.942. The molecule has 14 heavy (non-hydrogen) atoms. The Morgan fingerprint density at radius 1 is 1.43 bits per heavy atom. The van der Waals surface area contributed by atoms with Gasteiger partial charge in [-0.3, -0.25) is 0 Å². The van der Waals surface area contributed by atoms with E-state index in [1.807, 2.05) is 18.2 Å². The van der Waals surface area contributed by atoms with Crippen molar-refractivity contribution in [3.8, 4) is 5.75 Å². The van der Waals surface area contributed by atoms with Gasteiger partial charge in [0.25, 0.3) is 0 Å². The maximum absolute atomic E-state index is 9.79. The minimum absolute atomic E-state index is 0.392. The molecule has 0 spiro atoms. The average molecular weight is 192 g/mol. The lowest BCUT2D eigenvalue weighted by molar-refractivity contribution is -0.283. The maximum atomic E-state index is 9.79. The van der Waals surface area contributed by atoms with Crippen LogP contribution in [-0.4, -0.2) is 17.7 Å². The normalized spacial score (nSPS) is 24.1. The molecular formula is C11H12O3. The Hall–Kier alpha value is -1.32. The highest BCUT2D eigenvalue weighted by atomic mass is 16.8. The second kappa shape index (κ2) is 3.44. The third kappa shape index (κ3) is 1.64. The van der Waals surface area contributed by atoms with E-state index in [0.29, 0.717) is 12.4 Å². The fraction of sp³-hybridized carbons (Fsp3) is 0.273. The zero-order chi connectivity index (χ0) is 10.0. The molecule has 3 nitrogen and oxygen atoms in total. The number of rotatable bonds is 2. The number of para-hydroxylation sites is 1. The van der Waals surface area contributed by atoms with E-state index >= 15 is 0 Å². The first-order valence-corrected chi connectivity index (χ1v) is 4.57. The third-order valence-electron chi connectivity index (χ3n) is 2.00. The van der Waals surface area contributed by atoms with Gasteiger partial charge in [-0.05, 0) is 19.1 Å². The van der Waals surface area contributed by atoms with E-state index in [9.17, 15) is 5.11 Å². The van der Waals surface area contributed by atoms with Gasteiger partial charge in [0.15, 0.2) is 0 Å². The number of aliphatic hydroxyl groups is 1. The van der Waals surface area contributed by atoms with Gasteiger partial charge in [0.2, 0.25) is 0 Å². The molecule has 1 aliphatic heterocycles. The monoisotopic (exact) mass is 192 g/mol. The van der Waals surface area contributed by atoms with Crippen molar-refractivity contribution in [2.24, 2.45) is 0 Å². The smallest absolute Gasteiger partial charge is 0.346 e. The van der Waals surface area contributed by atoms with Crippen LogP contribution in [0.2, 0.25) is 0 Å². The van der Waals surface area contributed by atoms with Crippen molar-refractivity contribution in [1.29, 1.82) is 0 Å². The highest BCUT2D eigenvalue weighted by molar-refractivity contribution is 5.59. The predicted octanol–water partition coefficient (Wildman–Crippen LogP) is 1.77. The lowest BCUT2D eigenvalue weighted by atomic mass is 10.1. The van der Waals surface area contributed by atoms with Crippen molar-refractivity contribution in [2.75, 3.05) is 6.61 Å². The molecule has 0 radical (unpaired) electrons. The summed E-state index contributed by atoms with van der Waals surface area (Å²) in [5.74, 6) is -0.978. The molecule has 0 fully saturated rings. The van der Waals surface area contributed by atoms with Gasteiger partial charge in [0, 0.05) is 11.6 Å². The number of ether oxygens (including phenoxy) is 2. The van der Waals surface area contributed by atoms with Gasteiger partial charge in [0.1, 0.15) is 5.75 Å². The van der Waals surface area contributed by atoms with Gasteiger partial charge in [-0.2, -0.15) is 0 Å². The van der Waals surface area contributed by atoms with Crippen LogP contribution in [0.4, 0.5) is 0 Å². The Kier molecular flexibility index (Phi) is 2.27. The van der Waals surface area contributed by atoms with E-state index in [1.54, 1.807) is 19.1 Å². The molecule has 1 unspecified atom stereocenters. The summed E-state index contributed by atoms with van der Waals surface area (Å²) in [6.45, 7) is 2.19. The number of hydrogen-bond donors (Lipinski definition) is 1. The first-order valence-electron chi connectivity index (χ1n) is 4.57. The third-order valence-corrected chi connectivity index (χ3v) is 2.00. The Labute approximate surface area is 82.6 Å². The Balaban J connectivity index is 2.29. The second-order valence-corrected chi connectivity index (χ2v) is 3.04. The van der Waals surface area contributed by atoms with E-state index in [2.05, 4.69) is 0 Å². The summed E-state index contributed by atoms with van der Waals surface area (Å²) in [6, 6.07) is 7.47. The maximum Gasteiger partial charge on any atom is 0.346 e. The van der Waals surface area contributed by atoms with Crippen LogP contribution in [0.15, 0.2) is 30.3 Å². The summed E-state index contributed by atoms with van der Waals surface area (Å²) in [7, 11) is 0. The van der Waals surface area contributed by atoms with Gasteiger partial charge < -0.3 is 14.6 Å². The Morgan fingerprint density at radius 3 is 3.00 bits per heavy atom. The molecule has 0 bridgehead atoms. The molecule has 1 aliphatic rings. The minimum atomic E-state index is -1.61. The topological polar surface area (TPSA) is 38.7 Å². The predicted molar refractivity (Wildman–Crippen MR) is 52.7 cm³/mol. The molecule has 0 amide bonds. The van der Waals surface area contributed by atoms with Crippen LogP contribution >= 0.6 is 0 Å². The second-order valence-electron chi connectivity index (χ2n) is 3.04. The lowest BCUT2D eigenvalue weighted by Crippen LogP contribution is -2.38. The zero-order valence-electron chi connectivity index (χ0n) is 7.93. The van der Waals surface area contributed by atoms with Crippen molar-refractivity contribution >= 4 is 6.08 Å². The van der Waals surface area contributed by atoms with Crippen molar-refractivity contribution in [1.82, 2.24) is 0 Å². The molecule has 0 saturated heterocycles. The molecule has 1 N–H and O–H groups in total. The highest BCUT2D eigenvalue weighted by Crippen LogP contribution is 2.29. The zero-order valence-corrected chi connectivity index (χ0v) is 7.93. The van der Waals surface area contributed by atoms with Crippen LogP contribution in [0.5, 0.6) is 5.75 Å². The van der Waals surface area contributed by atoms with Gasteiger partial charge in [-0.1, -0.05) is 18.2 Å². The summed E-state index contributed by atoms with van der Waals surface area (Å²) in [6.07, 6.45) is 3.29. The molecule has 0 saturated carbocycles. The van der Waals surface area contributed by atoms with Crippen LogP contribution in [-0.2, 0) is 4.74 Å². The number of benzene rings is 1. The van der Waals surface area contributed by atoms with Crippen molar-refractivity contribution in [3.05, 3.63) is 35.9 Å². The summed E-state index contributed by atoms with van der Waals surface area (Å²) < 4.78 is 10.4. The molecule has 1 heterocycles. The molecule has 74 valence electrons. The molecule has 0 aliphatic carbocycles. The van der Waals surface area contributed by atoms with Crippen LogP contribution < -0.4 is 4.74 Å². The number of fused-ring (bicyclic) bond motifs is 1. The van der Waals surface area contributed by atoms with Crippen LogP contribution in [0.3, 0.4) is 0 Å². The molecular weight excluding hydrogens is 180 g/mol. The first-order chi connectivity index (χ1) is 6.73. The molecule has 2 rings (SSSR count). The van der Waals surface area contributed by atoms with E-state index in [0.717, 1.165) is 5.56 Å². The quantitative estimate of drug-likeness (QED) is 0.726. The molecule has 1 aromatic carbocycles. The molecule has 3 heteroatoms. The Bertz CT molecular complexity index is 359. The molecule has 0 aromatic heterocycles. The van der Waals surface area contributed by atoms with Crippen LogP contribution in [0.25, 0.3) is 6.08 Å². The first kappa shape index (κ1) is 9.24. The summed E-state index contributed by atoms with van der Waals surface area (Å²) in [4.78, 5) is 0. The van der Waals surface area contributed by atoms with Crippen LogP contribution in [0, 0.1) is 0 Å². The van der Waals surface area contributed by atoms with E-state index in [-0.39, 0.29) is 0 Å². The Morgan fingerprint density at radius 2 is 2.21 bits per heavy atom. The van der Waals surface area contributed by atoms with Crippen molar-refractivity contribution in [3.63, 3.8) is 0 Å². The SMILES string of the molecule is CCOC1(O)C=Cc2ccccc2O1. The van der Waals surface area contributed by atoms with Gasteiger partial charge in [-0.25, -0.2) is 0 Å². The largest absolute Gasteiger partial charge is 0.435 e. The molecule has 1 aromatic rings. The van der Waals surface area contributed by atoms with Crippen molar-refractivity contribution in [2.45, 2.75) is 12.9 Å². The van der Waals surface area contributed by atoms with E-state index in [4.69, 9.17) is 9.47 Å². The average Bonchev–Trinajstić information content (AvgIpc) is 2.17. The van der Waals surface area contributed by atoms with E-state index in [1.165, 1.54) is 6.08 Å². The lowest BCUT2D eigenvalue weighted by Gasteiger charge is -2.28. The standard InChI is InChI=1S/C11H12O3/c1-2-13-11(12)8-7-9-5-3-4-6-10(9)14-11/h3-8,12H,2H2,1H3. The highest BCUT2D eigenvalue weighted by Gasteiger charge is 2.30. The summed E-state index contributed by atoms with van der Waals surface area (Å²) in [5, 5.41) is 9.79. The number of hydrogen-bond acceptors (Lipinski definition) is 3. The fourth-order valence-electron chi connectivity index (χ4n) is 1.38. The minimum Gasteiger partial charge on any atom is -0.435 e. The van der Waals surface area contributed by atoms with E-state index < -0.39 is 5.97 Å². The van der Waals surface area contributed by atoms with Crippen LogP contribution in [0.1, 0.15) is 12.5 Å². The van der Waals surface area contributed by atoms with Crippen molar-refractivity contribution < 1.29 is 14.6 Å². The van der Waals surface area contributed by atoms with Gasteiger partial charge in [0.05, 0.1) is 6.61 Å². The molecule has 1 atom stereocenters.